The van der Waals surface area contributed by atoms with Gasteiger partial charge in [0.15, 0.2) is 17.4 Å². The van der Waals surface area contributed by atoms with E-state index in [9.17, 15) is 9.59 Å². The Morgan fingerprint density at radius 2 is 1.62 bits per heavy atom. The van der Waals surface area contributed by atoms with Crippen molar-refractivity contribution in [3.63, 3.8) is 0 Å². The average Bonchev–Trinajstić information content (AvgIpc) is 3.23. The van der Waals surface area contributed by atoms with Crippen molar-refractivity contribution in [2.45, 2.75) is 43.9 Å². The van der Waals surface area contributed by atoms with E-state index in [1.807, 2.05) is 62.1 Å². The van der Waals surface area contributed by atoms with Gasteiger partial charge in [0, 0.05) is 37.2 Å². The van der Waals surface area contributed by atoms with E-state index in [4.69, 9.17) is 24.8 Å². The number of furan rings is 1. The second-order valence-corrected chi connectivity index (χ2v) is 7.90. The van der Waals surface area contributed by atoms with E-state index in [1.54, 1.807) is 11.8 Å². The molecule has 4 N–H and O–H groups in total. The summed E-state index contributed by atoms with van der Waals surface area (Å²) >= 11 is 1.54. The van der Waals surface area contributed by atoms with Crippen molar-refractivity contribution in [2.75, 3.05) is 6.26 Å². The first kappa shape index (κ1) is 26.9. The molecule has 3 rings (SSSR count). The maximum Gasteiger partial charge on any atom is 0.335 e. The average molecular weight is 491 g/mol. The third-order valence-corrected chi connectivity index (χ3v) is 4.94. The van der Waals surface area contributed by atoms with Gasteiger partial charge in [-0.1, -0.05) is 17.8 Å². The molecule has 12 heteroatoms. The zero-order valence-electron chi connectivity index (χ0n) is 18.6. The Balaban J connectivity index is 0.000000347. The van der Waals surface area contributed by atoms with Gasteiger partial charge in [-0.05, 0) is 37.4 Å². The Morgan fingerprint density at radius 1 is 0.971 bits per heavy atom. The van der Waals surface area contributed by atoms with Crippen LogP contribution in [0.4, 0.5) is 0 Å². The molecule has 0 bridgehead atoms. The van der Waals surface area contributed by atoms with Crippen LogP contribution in [0, 0.1) is 6.92 Å². The first-order valence-corrected chi connectivity index (χ1v) is 11.3. The highest BCUT2D eigenvalue weighted by atomic mass is 32.2. The molecule has 0 aromatic carbocycles. The fourth-order valence-electron chi connectivity index (χ4n) is 2.74. The minimum atomic E-state index is -2.27. The molecule has 34 heavy (non-hydrogen) atoms. The van der Waals surface area contributed by atoms with Gasteiger partial charge in [-0.2, -0.15) is 0 Å². The number of rotatable bonds is 10. The molecule has 0 amide bonds. The van der Waals surface area contributed by atoms with Crippen LogP contribution in [0.15, 0.2) is 58.5 Å². The highest BCUT2D eigenvalue weighted by molar-refractivity contribution is 7.98. The number of hydrogen-bond donors (Lipinski definition) is 4. The van der Waals surface area contributed by atoms with Crippen LogP contribution in [0.3, 0.4) is 0 Å². The van der Waals surface area contributed by atoms with E-state index in [1.165, 1.54) is 0 Å². The summed E-state index contributed by atoms with van der Waals surface area (Å²) in [6, 6.07) is 9.99. The Kier molecular flexibility index (Phi) is 10.6. The summed E-state index contributed by atoms with van der Waals surface area (Å²) in [4.78, 5) is 35.0. The molecule has 11 nitrogen and oxygen atoms in total. The lowest BCUT2D eigenvalue weighted by atomic mass is 10.2. The zero-order chi connectivity index (χ0) is 25.1. The van der Waals surface area contributed by atoms with Crippen LogP contribution in [-0.4, -0.2) is 70.7 Å². The van der Waals surface area contributed by atoms with Crippen molar-refractivity contribution < 1.29 is 34.4 Å². The van der Waals surface area contributed by atoms with Gasteiger partial charge >= 0.3 is 11.9 Å². The SMILES string of the molecule is CSc1ncc(CN(Cc2ccccn2)Cc2ccc(C)o2)cn1.O=C(O)C(O)C(O)C(=O)O. The zero-order valence-corrected chi connectivity index (χ0v) is 19.4. The summed E-state index contributed by atoms with van der Waals surface area (Å²) in [6.07, 6.45) is 3.03. The number of aliphatic hydroxyl groups excluding tert-OH is 2. The van der Waals surface area contributed by atoms with Crippen molar-refractivity contribution >= 4 is 23.7 Å². The first-order chi connectivity index (χ1) is 16.2. The van der Waals surface area contributed by atoms with E-state index < -0.39 is 24.1 Å². The molecule has 2 unspecified atom stereocenters. The van der Waals surface area contributed by atoms with E-state index in [0.717, 1.165) is 41.0 Å². The van der Waals surface area contributed by atoms with Crippen LogP contribution < -0.4 is 0 Å². The number of carbonyl (C=O) groups is 2. The van der Waals surface area contributed by atoms with Gasteiger partial charge in [0.05, 0.1) is 12.2 Å². The number of aryl methyl sites for hydroxylation is 1. The molecule has 2 atom stereocenters. The molecule has 3 heterocycles. The highest BCUT2D eigenvalue weighted by Gasteiger charge is 2.29. The molecule has 0 radical (unpaired) electrons. The van der Waals surface area contributed by atoms with E-state index in [-0.39, 0.29) is 0 Å². The Labute approximate surface area is 200 Å². The van der Waals surface area contributed by atoms with Crippen LogP contribution in [0.5, 0.6) is 0 Å². The van der Waals surface area contributed by atoms with Crippen molar-refractivity contribution in [3.8, 4) is 0 Å². The summed E-state index contributed by atoms with van der Waals surface area (Å²) in [5.41, 5.74) is 2.11. The topological polar surface area (TPSA) is 170 Å². The maximum absolute atomic E-state index is 9.77. The number of nitrogens with zero attached hydrogens (tertiary/aromatic N) is 4. The molecule has 0 aliphatic carbocycles. The third kappa shape index (κ3) is 8.90. The lowest BCUT2D eigenvalue weighted by Crippen LogP contribution is -2.39. The van der Waals surface area contributed by atoms with E-state index in [0.29, 0.717) is 6.54 Å². The largest absolute Gasteiger partial charge is 0.479 e. The molecule has 0 fully saturated rings. The van der Waals surface area contributed by atoms with Crippen molar-refractivity contribution in [2.24, 2.45) is 0 Å². The summed E-state index contributed by atoms with van der Waals surface area (Å²) in [7, 11) is 0. The molecule has 0 saturated carbocycles. The molecule has 182 valence electrons. The predicted octanol–water partition coefficient (Wildman–Crippen LogP) is 1.57. The summed E-state index contributed by atoms with van der Waals surface area (Å²) in [6.45, 7) is 4.16. The number of carboxylic acid groups (broad SMARTS) is 2. The number of aliphatic carboxylic acids is 2. The number of aromatic nitrogens is 3. The van der Waals surface area contributed by atoms with Gasteiger partial charge in [0.1, 0.15) is 11.5 Å². The standard InChI is InChI=1S/C18H20N4OS.C4H6O6/c1-14-6-7-17(23-14)13-22(12-16-5-3-4-8-19-16)11-15-9-20-18(24-2)21-10-15;5-1(3(7)8)2(6)4(9)10/h3-10H,11-13H2,1-2H3;1-2,5-6H,(H,7,8)(H,9,10). The number of hydrogen-bond acceptors (Lipinski definition) is 10. The molecule has 0 saturated heterocycles. The minimum absolute atomic E-state index is 0.717. The number of thioether (sulfide) groups is 1. The third-order valence-electron chi connectivity index (χ3n) is 4.36. The summed E-state index contributed by atoms with van der Waals surface area (Å²) in [5, 5.41) is 33.3. The molecule has 3 aromatic heterocycles. The van der Waals surface area contributed by atoms with Crippen LogP contribution in [-0.2, 0) is 29.2 Å². The van der Waals surface area contributed by atoms with Crippen molar-refractivity contribution in [1.82, 2.24) is 19.9 Å². The van der Waals surface area contributed by atoms with Crippen molar-refractivity contribution in [3.05, 3.63) is 71.7 Å². The second kappa shape index (κ2) is 13.4. The van der Waals surface area contributed by atoms with Gasteiger partial charge in [0.25, 0.3) is 0 Å². The molecule has 3 aromatic rings. The fraction of sp³-hybridized carbons (Fsp3) is 0.318. The Morgan fingerprint density at radius 3 is 2.09 bits per heavy atom. The molecule has 0 aliphatic rings. The van der Waals surface area contributed by atoms with Crippen LogP contribution in [0.25, 0.3) is 0 Å². The Bertz CT molecular complexity index is 1030. The number of pyridine rings is 1. The molecule has 0 aliphatic heterocycles. The molecular formula is C22H26N4O7S. The summed E-state index contributed by atoms with van der Waals surface area (Å²) in [5.74, 6) is -1.66. The van der Waals surface area contributed by atoms with Crippen LogP contribution >= 0.6 is 11.8 Å². The second-order valence-electron chi connectivity index (χ2n) is 7.12. The van der Waals surface area contributed by atoms with Gasteiger partial charge in [-0.15, -0.1) is 0 Å². The number of aliphatic hydroxyl groups is 2. The lowest BCUT2D eigenvalue weighted by molar-refractivity contribution is -0.165. The highest BCUT2D eigenvalue weighted by Crippen LogP contribution is 2.15. The summed E-state index contributed by atoms with van der Waals surface area (Å²) < 4.78 is 5.73. The van der Waals surface area contributed by atoms with E-state index >= 15 is 0 Å². The number of carboxylic acids is 2. The van der Waals surface area contributed by atoms with Gasteiger partial charge in [0.2, 0.25) is 0 Å². The fourth-order valence-corrected chi connectivity index (χ4v) is 3.05. The smallest absolute Gasteiger partial charge is 0.335 e. The molecule has 0 spiro atoms. The van der Waals surface area contributed by atoms with Gasteiger partial charge < -0.3 is 24.8 Å². The van der Waals surface area contributed by atoms with Crippen molar-refractivity contribution in [1.29, 1.82) is 0 Å². The maximum atomic E-state index is 9.77. The minimum Gasteiger partial charge on any atom is -0.479 e. The quantitative estimate of drug-likeness (QED) is 0.239. The lowest BCUT2D eigenvalue weighted by Gasteiger charge is -2.20. The van der Waals surface area contributed by atoms with E-state index in [2.05, 4.69) is 19.9 Å². The predicted molar refractivity (Wildman–Crippen MR) is 122 cm³/mol. The Hall–Kier alpha value is -3.32. The van der Waals surface area contributed by atoms with Gasteiger partial charge in [-0.3, -0.25) is 9.88 Å². The van der Waals surface area contributed by atoms with Crippen LogP contribution in [0.2, 0.25) is 0 Å². The monoisotopic (exact) mass is 490 g/mol. The molecular weight excluding hydrogens is 464 g/mol. The normalized spacial score (nSPS) is 12.5. The first-order valence-electron chi connectivity index (χ1n) is 10.0. The van der Waals surface area contributed by atoms with Gasteiger partial charge in [-0.25, -0.2) is 19.6 Å². The van der Waals surface area contributed by atoms with Crippen LogP contribution in [0.1, 0.15) is 22.8 Å².